The number of carbonyl (C=O) groups is 1. The molecule has 2 aromatic carbocycles. The van der Waals surface area contributed by atoms with Crippen molar-refractivity contribution in [3.63, 3.8) is 0 Å². The van der Waals surface area contributed by atoms with Crippen LogP contribution in [0.15, 0.2) is 69.2 Å². The average Bonchev–Trinajstić information content (AvgIpc) is 3.41. The van der Waals surface area contributed by atoms with E-state index in [0.29, 0.717) is 46.3 Å². The molecule has 36 heavy (non-hydrogen) atoms. The van der Waals surface area contributed by atoms with Crippen LogP contribution < -0.4 is 20.3 Å². The molecule has 1 N–H and O–H groups in total. The first-order valence-corrected chi connectivity index (χ1v) is 12.5. The Hall–Kier alpha value is -3.72. The summed E-state index contributed by atoms with van der Waals surface area (Å²) in [5, 5.41) is 3.38. The topological polar surface area (TPSA) is 95.6 Å². The number of aryl methyl sites for hydroxylation is 1. The highest BCUT2D eigenvalue weighted by Gasteiger charge is 2.23. The van der Waals surface area contributed by atoms with Gasteiger partial charge < -0.3 is 19.2 Å². The van der Waals surface area contributed by atoms with Crippen LogP contribution in [0.3, 0.4) is 0 Å². The number of rotatable bonds is 10. The number of hydrogen-bond donors (Lipinski definition) is 1. The average molecular weight is 508 g/mol. The van der Waals surface area contributed by atoms with Crippen molar-refractivity contribution in [2.75, 3.05) is 14.2 Å². The number of hydrogen-bond acceptors (Lipinski definition) is 7. The Morgan fingerprint density at radius 3 is 2.50 bits per heavy atom. The molecule has 2 heterocycles. The molecule has 4 rings (SSSR count). The highest BCUT2D eigenvalue weighted by atomic mass is 32.2. The minimum Gasteiger partial charge on any atom is -0.493 e. The van der Waals surface area contributed by atoms with Gasteiger partial charge >= 0.3 is 0 Å². The largest absolute Gasteiger partial charge is 0.493 e. The molecule has 0 aliphatic carbocycles. The van der Waals surface area contributed by atoms with E-state index in [2.05, 4.69) is 5.32 Å². The maximum Gasteiger partial charge on any atom is 0.262 e. The lowest BCUT2D eigenvalue weighted by atomic mass is 10.1. The van der Waals surface area contributed by atoms with Crippen molar-refractivity contribution in [1.29, 1.82) is 0 Å². The Balaban J connectivity index is 1.68. The van der Waals surface area contributed by atoms with Gasteiger partial charge in [-0.2, -0.15) is 0 Å². The maximum absolute atomic E-state index is 13.6. The number of amides is 1. The van der Waals surface area contributed by atoms with Crippen LogP contribution in [0.5, 0.6) is 11.5 Å². The first kappa shape index (κ1) is 25.4. The molecule has 0 fully saturated rings. The normalized spacial score (nSPS) is 11.9. The second-order valence-corrected chi connectivity index (χ2v) is 9.48. The van der Waals surface area contributed by atoms with E-state index in [1.807, 2.05) is 38.1 Å². The van der Waals surface area contributed by atoms with Crippen molar-refractivity contribution in [2.24, 2.45) is 0 Å². The number of thioether (sulfide) groups is 1. The highest BCUT2D eigenvalue weighted by Crippen LogP contribution is 2.32. The van der Waals surface area contributed by atoms with Crippen LogP contribution in [-0.2, 0) is 17.9 Å². The number of ether oxygens (including phenoxy) is 2. The van der Waals surface area contributed by atoms with Gasteiger partial charge in [-0.15, -0.1) is 0 Å². The van der Waals surface area contributed by atoms with E-state index in [4.69, 9.17) is 18.9 Å². The van der Waals surface area contributed by atoms with E-state index in [9.17, 15) is 9.59 Å². The lowest BCUT2D eigenvalue weighted by Gasteiger charge is -2.18. The first-order valence-electron chi connectivity index (χ1n) is 11.6. The van der Waals surface area contributed by atoms with Gasteiger partial charge in [0.1, 0.15) is 5.76 Å². The van der Waals surface area contributed by atoms with Crippen molar-refractivity contribution in [1.82, 2.24) is 14.9 Å². The van der Waals surface area contributed by atoms with Crippen LogP contribution in [0.25, 0.3) is 10.9 Å². The Labute approximate surface area is 213 Å². The van der Waals surface area contributed by atoms with Crippen LogP contribution in [0.2, 0.25) is 0 Å². The third kappa shape index (κ3) is 5.57. The van der Waals surface area contributed by atoms with Gasteiger partial charge in [0.05, 0.1) is 43.2 Å². The molecule has 188 valence electrons. The molecule has 0 unspecified atom stereocenters. The standard InChI is InChI=1S/C27H29N3O5S/c1-5-24(25(31)28-15-18-10-8-17(2)9-11-18)36-27-29-21-14-23(34-4)22(33-3)13-20(21)26(32)30(27)16-19-7-6-12-35-19/h6-14,24H,5,15-16H2,1-4H3,(H,28,31)/t24-/m1/s1. The van der Waals surface area contributed by atoms with Gasteiger partial charge in [-0.05, 0) is 37.1 Å². The van der Waals surface area contributed by atoms with Gasteiger partial charge in [0.15, 0.2) is 16.7 Å². The summed E-state index contributed by atoms with van der Waals surface area (Å²) >= 11 is 1.26. The lowest BCUT2D eigenvalue weighted by molar-refractivity contribution is -0.120. The van der Waals surface area contributed by atoms with E-state index in [1.165, 1.54) is 36.1 Å². The maximum atomic E-state index is 13.6. The van der Waals surface area contributed by atoms with Crippen molar-refractivity contribution in [3.05, 3.63) is 82.0 Å². The number of nitrogens with one attached hydrogen (secondary N) is 1. The molecule has 0 spiro atoms. The molecule has 8 nitrogen and oxygen atoms in total. The predicted octanol–water partition coefficient (Wildman–Crippen LogP) is 4.55. The van der Waals surface area contributed by atoms with Gasteiger partial charge in [-0.3, -0.25) is 14.2 Å². The summed E-state index contributed by atoms with van der Waals surface area (Å²) in [6.07, 6.45) is 2.12. The van der Waals surface area contributed by atoms with E-state index in [1.54, 1.807) is 30.5 Å². The molecule has 0 saturated heterocycles. The Kier molecular flexibility index (Phi) is 8.00. The van der Waals surface area contributed by atoms with Gasteiger partial charge in [0, 0.05) is 12.6 Å². The van der Waals surface area contributed by atoms with Gasteiger partial charge in [0.2, 0.25) is 5.91 Å². The van der Waals surface area contributed by atoms with Crippen LogP contribution in [0.4, 0.5) is 0 Å². The molecule has 1 amide bonds. The fourth-order valence-electron chi connectivity index (χ4n) is 3.77. The summed E-state index contributed by atoms with van der Waals surface area (Å²) in [7, 11) is 3.05. The van der Waals surface area contributed by atoms with Crippen molar-refractivity contribution in [3.8, 4) is 11.5 Å². The molecule has 9 heteroatoms. The number of fused-ring (bicyclic) bond motifs is 1. The van der Waals surface area contributed by atoms with Crippen LogP contribution in [0.1, 0.15) is 30.2 Å². The van der Waals surface area contributed by atoms with Gasteiger partial charge in [0.25, 0.3) is 5.56 Å². The monoisotopic (exact) mass is 507 g/mol. The predicted molar refractivity (Wildman–Crippen MR) is 140 cm³/mol. The molecule has 4 aromatic rings. The van der Waals surface area contributed by atoms with E-state index in [0.717, 1.165) is 5.56 Å². The summed E-state index contributed by atoms with van der Waals surface area (Å²) in [6.45, 7) is 4.58. The Bertz CT molecular complexity index is 1400. The third-order valence-corrected chi connectivity index (χ3v) is 7.17. The van der Waals surface area contributed by atoms with Crippen molar-refractivity contribution < 1.29 is 18.7 Å². The minimum atomic E-state index is -0.442. The molecule has 0 radical (unpaired) electrons. The number of furan rings is 1. The molecular formula is C27H29N3O5S. The molecule has 0 saturated carbocycles. The molecule has 0 aliphatic heterocycles. The van der Waals surface area contributed by atoms with E-state index >= 15 is 0 Å². The smallest absolute Gasteiger partial charge is 0.262 e. The van der Waals surface area contributed by atoms with Gasteiger partial charge in [-0.25, -0.2) is 4.98 Å². The second-order valence-electron chi connectivity index (χ2n) is 8.31. The summed E-state index contributed by atoms with van der Waals surface area (Å²) in [5.41, 5.74) is 2.40. The lowest BCUT2D eigenvalue weighted by Crippen LogP contribution is -2.33. The zero-order valence-electron chi connectivity index (χ0n) is 20.7. The first-order chi connectivity index (χ1) is 17.4. The fraction of sp³-hybridized carbons (Fsp3) is 0.296. The van der Waals surface area contributed by atoms with Gasteiger partial charge in [-0.1, -0.05) is 48.5 Å². The quantitative estimate of drug-likeness (QED) is 0.248. The third-order valence-electron chi connectivity index (χ3n) is 5.82. The minimum absolute atomic E-state index is 0.116. The summed E-state index contributed by atoms with van der Waals surface area (Å²) in [4.78, 5) is 31.4. The number of carbonyl (C=O) groups excluding carboxylic acids is 1. The molecule has 1 atom stereocenters. The Morgan fingerprint density at radius 1 is 1.14 bits per heavy atom. The summed E-state index contributed by atoms with van der Waals surface area (Å²) in [6, 6.07) is 14.9. The zero-order chi connectivity index (χ0) is 25.7. The fourth-order valence-corrected chi connectivity index (χ4v) is 4.81. The molecule has 0 bridgehead atoms. The van der Waals surface area contributed by atoms with E-state index < -0.39 is 5.25 Å². The summed E-state index contributed by atoms with van der Waals surface area (Å²) < 4.78 is 17.8. The van der Waals surface area contributed by atoms with Crippen LogP contribution in [-0.4, -0.2) is 34.9 Å². The Morgan fingerprint density at radius 2 is 1.86 bits per heavy atom. The van der Waals surface area contributed by atoms with Crippen molar-refractivity contribution >= 4 is 28.6 Å². The second kappa shape index (κ2) is 11.3. The molecule has 2 aromatic heterocycles. The molecule has 0 aliphatic rings. The van der Waals surface area contributed by atoms with Crippen LogP contribution >= 0.6 is 11.8 Å². The SMILES string of the molecule is CC[C@@H](Sc1nc2cc(OC)c(OC)cc2c(=O)n1Cc1ccco1)C(=O)NCc1ccc(C)cc1. The van der Waals surface area contributed by atoms with E-state index in [-0.39, 0.29) is 18.0 Å². The highest BCUT2D eigenvalue weighted by molar-refractivity contribution is 8.00. The molecular weight excluding hydrogens is 478 g/mol. The number of methoxy groups -OCH3 is 2. The van der Waals surface area contributed by atoms with Crippen molar-refractivity contribution in [2.45, 2.75) is 43.8 Å². The summed E-state index contributed by atoms with van der Waals surface area (Å²) in [5.74, 6) is 1.40. The zero-order valence-corrected chi connectivity index (χ0v) is 21.6. The number of nitrogens with zero attached hydrogens (tertiary/aromatic N) is 2. The number of benzene rings is 2. The number of aromatic nitrogens is 2. The van der Waals surface area contributed by atoms with Crippen LogP contribution in [0, 0.1) is 6.92 Å².